The maximum absolute atomic E-state index is 12.1. The van der Waals surface area contributed by atoms with E-state index in [4.69, 9.17) is 4.74 Å². The molecule has 0 atom stereocenters. The first-order chi connectivity index (χ1) is 10.6. The first-order valence-corrected chi connectivity index (χ1v) is 7.64. The summed E-state index contributed by atoms with van der Waals surface area (Å²) < 4.78 is 5.27. The van der Waals surface area contributed by atoms with Crippen molar-refractivity contribution in [3.63, 3.8) is 0 Å². The van der Waals surface area contributed by atoms with Crippen LogP contribution in [0.15, 0.2) is 42.5 Å². The second-order valence-electron chi connectivity index (χ2n) is 5.42. The van der Waals surface area contributed by atoms with Crippen LogP contribution in [0.4, 0.5) is 5.69 Å². The Balaban J connectivity index is 1.94. The fraction of sp³-hybridized carbons (Fsp3) is 0.316. The molecule has 0 saturated carbocycles. The van der Waals surface area contributed by atoms with Gasteiger partial charge in [-0.15, -0.1) is 0 Å². The SMILES string of the molecule is CCc1ccc(CCC(=O)Nc2cc(C)ccc2OC)cc1. The molecule has 0 spiro atoms. The Morgan fingerprint density at radius 2 is 1.77 bits per heavy atom. The maximum atomic E-state index is 12.1. The molecule has 0 unspecified atom stereocenters. The quantitative estimate of drug-likeness (QED) is 0.870. The van der Waals surface area contributed by atoms with Gasteiger partial charge in [-0.1, -0.05) is 37.3 Å². The van der Waals surface area contributed by atoms with E-state index in [0.29, 0.717) is 12.2 Å². The molecule has 0 saturated heterocycles. The van der Waals surface area contributed by atoms with E-state index in [9.17, 15) is 4.79 Å². The minimum atomic E-state index is 0.00321. The van der Waals surface area contributed by atoms with E-state index < -0.39 is 0 Å². The van der Waals surface area contributed by atoms with Crippen molar-refractivity contribution < 1.29 is 9.53 Å². The number of methoxy groups -OCH3 is 1. The van der Waals surface area contributed by atoms with Gasteiger partial charge >= 0.3 is 0 Å². The zero-order valence-electron chi connectivity index (χ0n) is 13.5. The molecule has 2 rings (SSSR count). The normalized spacial score (nSPS) is 10.3. The molecule has 3 heteroatoms. The lowest BCUT2D eigenvalue weighted by Crippen LogP contribution is -2.13. The highest BCUT2D eigenvalue weighted by Gasteiger charge is 2.08. The predicted molar refractivity (Wildman–Crippen MR) is 90.5 cm³/mol. The number of ether oxygens (including phenoxy) is 1. The molecule has 0 aliphatic rings. The van der Waals surface area contributed by atoms with Gasteiger partial charge in [-0.25, -0.2) is 0 Å². The second-order valence-corrected chi connectivity index (χ2v) is 5.42. The Hall–Kier alpha value is -2.29. The van der Waals surface area contributed by atoms with Crippen molar-refractivity contribution in [1.82, 2.24) is 0 Å². The van der Waals surface area contributed by atoms with Crippen molar-refractivity contribution in [1.29, 1.82) is 0 Å². The highest BCUT2D eigenvalue weighted by molar-refractivity contribution is 5.92. The van der Waals surface area contributed by atoms with Crippen LogP contribution in [0.1, 0.15) is 30.0 Å². The van der Waals surface area contributed by atoms with Crippen molar-refractivity contribution in [2.75, 3.05) is 12.4 Å². The topological polar surface area (TPSA) is 38.3 Å². The Morgan fingerprint density at radius 1 is 1.09 bits per heavy atom. The predicted octanol–water partition coefficient (Wildman–Crippen LogP) is 4.14. The van der Waals surface area contributed by atoms with Crippen LogP contribution in [0.3, 0.4) is 0 Å². The summed E-state index contributed by atoms with van der Waals surface area (Å²) in [6, 6.07) is 14.2. The standard InChI is InChI=1S/C19H23NO2/c1-4-15-6-8-16(9-7-15)10-12-19(21)20-17-13-14(2)5-11-18(17)22-3/h5-9,11,13H,4,10,12H2,1-3H3,(H,20,21). The number of rotatable bonds is 6. The largest absolute Gasteiger partial charge is 0.495 e. The van der Waals surface area contributed by atoms with Gasteiger partial charge in [0.15, 0.2) is 0 Å². The number of amides is 1. The van der Waals surface area contributed by atoms with Gasteiger partial charge in [0.1, 0.15) is 5.75 Å². The summed E-state index contributed by atoms with van der Waals surface area (Å²) in [5.41, 5.74) is 4.32. The highest BCUT2D eigenvalue weighted by atomic mass is 16.5. The molecular formula is C19H23NO2. The number of aryl methyl sites for hydroxylation is 3. The average Bonchev–Trinajstić information content (AvgIpc) is 2.53. The minimum absolute atomic E-state index is 0.00321. The zero-order chi connectivity index (χ0) is 15.9. The fourth-order valence-electron chi connectivity index (χ4n) is 2.33. The summed E-state index contributed by atoms with van der Waals surface area (Å²) >= 11 is 0. The number of carbonyl (C=O) groups excluding carboxylic acids is 1. The van der Waals surface area contributed by atoms with Gasteiger partial charge in [-0.05, 0) is 48.6 Å². The molecule has 22 heavy (non-hydrogen) atoms. The van der Waals surface area contributed by atoms with Crippen LogP contribution in [-0.4, -0.2) is 13.0 Å². The molecule has 1 N–H and O–H groups in total. The van der Waals surface area contributed by atoms with E-state index in [1.54, 1.807) is 7.11 Å². The lowest BCUT2D eigenvalue weighted by atomic mass is 10.1. The molecule has 0 radical (unpaired) electrons. The Bertz CT molecular complexity index is 632. The highest BCUT2D eigenvalue weighted by Crippen LogP contribution is 2.25. The molecule has 2 aromatic rings. The molecule has 0 heterocycles. The van der Waals surface area contributed by atoms with Crippen LogP contribution >= 0.6 is 0 Å². The molecule has 0 bridgehead atoms. The van der Waals surface area contributed by atoms with Crippen LogP contribution in [0.25, 0.3) is 0 Å². The van der Waals surface area contributed by atoms with Gasteiger partial charge in [0.05, 0.1) is 12.8 Å². The summed E-state index contributed by atoms with van der Waals surface area (Å²) in [6.07, 6.45) is 2.24. The number of hydrogen-bond donors (Lipinski definition) is 1. The fourth-order valence-corrected chi connectivity index (χ4v) is 2.33. The molecule has 0 aliphatic carbocycles. The molecule has 0 aromatic heterocycles. The first kappa shape index (κ1) is 16.1. The van der Waals surface area contributed by atoms with E-state index in [0.717, 1.165) is 24.1 Å². The number of carbonyl (C=O) groups is 1. The van der Waals surface area contributed by atoms with Crippen molar-refractivity contribution in [3.8, 4) is 5.75 Å². The Morgan fingerprint density at radius 3 is 2.41 bits per heavy atom. The Kier molecular flexibility index (Phi) is 5.59. The maximum Gasteiger partial charge on any atom is 0.224 e. The minimum Gasteiger partial charge on any atom is -0.495 e. The van der Waals surface area contributed by atoms with Crippen LogP contribution in [0.5, 0.6) is 5.75 Å². The smallest absolute Gasteiger partial charge is 0.224 e. The van der Waals surface area contributed by atoms with Crippen molar-refractivity contribution in [2.24, 2.45) is 0 Å². The lowest BCUT2D eigenvalue weighted by Gasteiger charge is -2.11. The monoisotopic (exact) mass is 297 g/mol. The molecule has 0 fully saturated rings. The molecule has 0 aliphatic heterocycles. The first-order valence-electron chi connectivity index (χ1n) is 7.64. The van der Waals surface area contributed by atoms with Crippen LogP contribution in [-0.2, 0) is 17.6 Å². The number of nitrogens with one attached hydrogen (secondary N) is 1. The van der Waals surface area contributed by atoms with E-state index in [-0.39, 0.29) is 5.91 Å². The van der Waals surface area contributed by atoms with Crippen LogP contribution < -0.4 is 10.1 Å². The van der Waals surface area contributed by atoms with Crippen LogP contribution in [0.2, 0.25) is 0 Å². The van der Waals surface area contributed by atoms with Gasteiger partial charge in [-0.2, -0.15) is 0 Å². The van der Waals surface area contributed by atoms with Gasteiger partial charge in [0.25, 0.3) is 0 Å². The molecule has 2 aromatic carbocycles. The summed E-state index contributed by atoms with van der Waals surface area (Å²) in [5.74, 6) is 0.690. The molecular weight excluding hydrogens is 274 g/mol. The molecule has 1 amide bonds. The van der Waals surface area contributed by atoms with Gasteiger partial charge in [0.2, 0.25) is 5.91 Å². The van der Waals surface area contributed by atoms with Gasteiger partial charge in [0, 0.05) is 6.42 Å². The third-order valence-electron chi connectivity index (χ3n) is 3.70. The third-order valence-corrected chi connectivity index (χ3v) is 3.70. The molecule has 116 valence electrons. The van der Waals surface area contributed by atoms with Gasteiger partial charge in [-0.3, -0.25) is 4.79 Å². The average molecular weight is 297 g/mol. The van der Waals surface area contributed by atoms with E-state index in [2.05, 4.69) is 36.5 Å². The van der Waals surface area contributed by atoms with Crippen LogP contribution in [0, 0.1) is 6.92 Å². The summed E-state index contributed by atoms with van der Waals surface area (Å²) in [4.78, 5) is 12.1. The summed E-state index contributed by atoms with van der Waals surface area (Å²) in [5, 5.41) is 2.93. The summed E-state index contributed by atoms with van der Waals surface area (Å²) in [7, 11) is 1.61. The van der Waals surface area contributed by atoms with Crippen molar-refractivity contribution in [2.45, 2.75) is 33.1 Å². The molecule has 3 nitrogen and oxygen atoms in total. The zero-order valence-corrected chi connectivity index (χ0v) is 13.5. The van der Waals surface area contributed by atoms with Gasteiger partial charge < -0.3 is 10.1 Å². The van der Waals surface area contributed by atoms with E-state index >= 15 is 0 Å². The lowest BCUT2D eigenvalue weighted by molar-refractivity contribution is -0.116. The van der Waals surface area contributed by atoms with E-state index in [1.807, 2.05) is 25.1 Å². The number of hydrogen-bond acceptors (Lipinski definition) is 2. The van der Waals surface area contributed by atoms with Crippen molar-refractivity contribution >= 4 is 11.6 Å². The van der Waals surface area contributed by atoms with E-state index in [1.165, 1.54) is 11.1 Å². The van der Waals surface area contributed by atoms with Crippen molar-refractivity contribution in [3.05, 3.63) is 59.2 Å². The second kappa shape index (κ2) is 7.64. The summed E-state index contributed by atoms with van der Waals surface area (Å²) in [6.45, 7) is 4.13. The third kappa shape index (κ3) is 4.35. The Labute approximate surface area is 132 Å². The number of benzene rings is 2. The number of anilines is 1.